The summed E-state index contributed by atoms with van der Waals surface area (Å²) in [7, 11) is 0. The number of nitrogens with zero attached hydrogens (tertiary/aromatic N) is 1. The van der Waals surface area contributed by atoms with E-state index in [4.69, 9.17) is 4.74 Å². The van der Waals surface area contributed by atoms with E-state index in [2.05, 4.69) is 15.5 Å². The van der Waals surface area contributed by atoms with E-state index >= 15 is 0 Å². The monoisotopic (exact) mass is 359 g/mol. The maximum atomic E-state index is 12.8. The molecule has 2 atom stereocenters. The van der Waals surface area contributed by atoms with Crippen LogP contribution in [-0.2, 0) is 9.53 Å². The molecule has 2 aromatic rings. The van der Waals surface area contributed by atoms with E-state index in [1.165, 1.54) is 0 Å². The molecule has 1 heterocycles. The number of ether oxygens (including phenoxy) is 1. The van der Waals surface area contributed by atoms with Gasteiger partial charge in [-0.3, -0.25) is 9.59 Å². The van der Waals surface area contributed by atoms with Crippen molar-refractivity contribution >= 4 is 22.6 Å². The molecule has 3 rings (SSSR count). The molecule has 1 amide bonds. The van der Waals surface area contributed by atoms with E-state index in [-0.39, 0.29) is 18.2 Å². The van der Waals surface area contributed by atoms with Gasteiger partial charge < -0.3 is 15.2 Å². The number of aromatic amines is 1. The number of H-pyrrole nitrogens is 1. The third-order valence-electron chi connectivity index (χ3n) is 5.37. The van der Waals surface area contributed by atoms with Crippen molar-refractivity contribution in [2.75, 3.05) is 6.61 Å². The van der Waals surface area contributed by atoms with Gasteiger partial charge in [-0.15, -0.1) is 0 Å². The lowest BCUT2D eigenvalue weighted by Crippen LogP contribution is -2.76. The average Bonchev–Trinajstić information content (AvgIpc) is 2.60. The van der Waals surface area contributed by atoms with E-state index in [1.807, 2.05) is 6.92 Å². The molecule has 1 fully saturated rings. The topological polar surface area (TPSA) is 121 Å². The number of fused-ring (bicyclic) bond motifs is 1. The Bertz CT molecular complexity index is 936. The summed E-state index contributed by atoms with van der Waals surface area (Å²) in [5.74, 6) is -1.77. The Labute approximate surface area is 149 Å². The SMILES string of the molecule is CCOC1CC(NC(=O)c2n[nH]c(=O)c3ccccc23)(C(=O)O)C1(C)C. The lowest BCUT2D eigenvalue weighted by atomic mass is 9.54. The van der Waals surface area contributed by atoms with Crippen LogP contribution in [0.3, 0.4) is 0 Å². The lowest BCUT2D eigenvalue weighted by Gasteiger charge is -2.58. The van der Waals surface area contributed by atoms with Crippen LogP contribution >= 0.6 is 0 Å². The molecule has 26 heavy (non-hydrogen) atoms. The molecule has 3 N–H and O–H groups in total. The summed E-state index contributed by atoms with van der Waals surface area (Å²) in [5.41, 5.74) is -2.70. The molecule has 0 bridgehead atoms. The van der Waals surface area contributed by atoms with E-state index in [0.717, 1.165) is 0 Å². The van der Waals surface area contributed by atoms with Crippen molar-refractivity contribution < 1.29 is 19.4 Å². The van der Waals surface area contributed by atoms with Crippen LogP contribution in [0.2, 0.25) is 0 Å². The first kappa shape index (κ1) is 18.1. The number of carboxylic acid groups (broad SMARTS) is 1. The predicted octanol–water partition coefficient (Wildman–Crippen LogP) is 1.31. The molecule has 0 spiro atoms. The highest BCUT2D eigenvalue weighted by Gasteiger charge is 2.66. The van der Waals surface area contributed by atoms with Gasteiger partial charge in [-0.1, -0.05) is 32.0 Å². The van der Waals surface area contributed by atoms with Crippen molar-refractivity contribution in [2.24, 2.45) is 5.41 Å². The first-order valence-corrected chi connectivity index (χ1v) is 8.39. The highest BCUT2D eigenvalue weighted by atomic mass is 16.5. The Kier molecular flexibility index (Phi) is 4.31. The smallest absolute Gasteiger partial charge is 0.330 e. The summed E-state index contributed by atoms with van der Waals surface area (Å²) >= 11 is 0. The molecule has 0 radical (unpaired) electrons. The molecule has 1 aliphatic rings. The quantitative estimate of drug-likeness (QED) is 0.740. The van der Waals surface area contributed by atoms with Crippen LogP contribution in [0, 0.1) is 5.41 Å². The van der Waals surface area contributed by atoms with Crippen LogP contribution < -0.4 is 10.9 Å². The van der Waals surface area contributed by atoms with Gasteiger partial charge in [0.05, 0.1) is 11.5 Å². The van der Waals surface area contributed by atoms with Gasteiger partial charge >= 0.3 is 5.97 Å². The highest BCUT2D eigenvalue weighted by molar-refractivity contribution is 6.06. The van der Waals surface area contributed by atoms with E-state index in [1.54, 1.807) is 38.1 Å². The lowest BCUT2D eigenvalue weighted by molar-refractivity contribution is -0.190. The van der Waals surface area contributed by atoms with Crippen molar-refractivity contribution in [1.29, 1.82) is 0 Å². The Balaban J connectivity index is 1.98. The molecule has 2 unspecified atom stereocenters. The number of hydrogen-bond donors (Lipinski definition) is 3. The first-order chi connectivity index (χ1) is 12.2. The van der Waals surface area contributed by atoms with Gasteiger partial charge in [0.2, 0.25) is 0 Å². The van der Waals surface area contributed by atoms with E-state index in [0.29, 0.717) is 17.4 Å². The number of amides is 1. The summed E-state index contributed by atoms with van der Waals surface area (Å²) in [5, 5.41) is 19.3. The van der Waals surface area contributed by atoms with E-state index < -0.39 is 28.4 Å². The molecule has 0 aliphatic heterocycles. The Hall–Kier alpha value is -2.74. The third kappa shape index (κ3) is 2.48. The Morgan fingerprint density at radius 2 is 2.00 bits per heavy atom. The molecule has 8 heteroatoms. The number of carbonyl (C=O) groups excluding carboxylic acids is 1. The van der Waals surface area contributed by atoms with Gasteiger partial charge in [-0.25, -0.2) is 9.89 Å². The second-order valence-corrected chi connectivity index (χ2v) is 6.98. The minimum absolute atomic E-state index is 0.0171. The number of carboxylic acids is 1. The summed E-state index contributed by atoms with van der Waals surface area (Å²) in [6.07, 6.45) is -0.111. The fourth-order valence-electron chi connectivity index (χ4n) is 3.58. The van der Waals surface area contributed by atoms with Crippen molar-refractivity contribution in [3.8, 4) is 0 Å². The minimum atomic E-state index is -1.47. The summed E-state index contributed by atoms with van der Waals surface area (Å²) in [6, 6.07) is 6.55. The standard InChI is InChI=1S/C18H21N3O5/c1-4-26-12-9-18(16(24)25,17(12,2)3)19-15(23)13-10-7-5-6-8-11(10)14(22)21-20-13/h5-8,12H,4,9H2,1-3H3,(H,19,23)(H,21,22)(H,24,25). The van der Waals surface area contributed by atoms with Crippen LogP contribution in [0.5, 0.6) is 0 Å². The molecule has 1 aromatic carbocycles. The zero-order valence-electron chi connectivity index (χ0n) is 14.8. The second kappa shape index (κ2) is 6.21. The maximum Gasteiger partial charge on any atom is 0.330 e. The van der Waals surface area contributed by atoms with Gasteiger partial charge in [-0.05, 0) is 13.0 Å². The van der Waals surface area contributed by atoms with Gasteiger partial charge in [0.15, 0.2) is 5.69 Å². The molecule has 1 saturated carbocycles. The normalized spacial score (nSPS) is 24.0. The second-order valence-electron chi connectivity index (χ2n) is 6.98. The van der Waals surface area contributed by atoms with E-state index in [9.17, 15) is 19.5 Å². The van der Waals surface area contributed by atoms with Crippen molar-refractivity contribution in [3.63, 3.8) is 0 Å². The molecule has 1 aliphatic carbocycles. The van der Waals surface area contributed by atoms with Crippen LogP contribution in [0.4, 0.5) is 0 Å². The van der Waals surface area contributed by atoms with Gasteiger partial charge in [0.25, 0.3) is 11.5 Å². The van der Waals surface area contributed by atoms with Crippen LogP contribution in [0.1, 0.15) is 37.7 Å². The van der Waals surface area contributed by atoms with Gasteiger partial charge in [0, 0.05) is 23.8 Å². The van der Waals surface area contributed by atoms with Crippen LogP contribution in [0.15, 0.2) is 29.1 Å². The zero-order chi connectivity index (χ0) is 19.1. The number of aromatic nitrogens is 2. The number of hydrogen-bond acceptors (Lipinski definition) is 5. The molecule has 8 nitrogen and oxygen atoms in total. The van der Waals surface area contributed by atoms with Crippen molar-refractivity contribution in [1.82, 2.24) is 15.5 Å². The first-order valence-electron chi connectivity index (χ1n) is 8.39. The number of nitrogens with one attached hydrogen (secondary N) is 2. The summed E-state index contributed by atoms with van der Waals surface area (Å²) in [4.78, 5) is 36.7. The average molecular weight is 359 g/mol. The zero-order valence-corrected chi connectivity index (χ0v) is 14.8. The van der Waals surface area contributed by atoms with Crippen LogP contribution in [-0.4, -0.2) is 45.4 Å². The summed E-state index contributed by atoms with van der Waals surface area (Å²) < 4.78 is 5.59. The fraction of sp³-hybridized carbons (Fsp3) is 0.444. The molecule has 138 valence electrons. The number of rotatable bonds is 5. The number of benzene rings is 1. The number of carbonyl (C=O) groups is 2. The van der Waals surface area contributed by atoms with Gasteiger partial charge in [0.1, 0.15) is 5.54 Å². The van der Waals surface area contributed by atoms with Gasteiger partial charge in [-0.2, -0.15) is 5.10 Å². The third-order valence-corrected chi connectivity index (χ3v) is 5.37. The Morgan fingerprint density at radius 1 is 1.35 bits per heavy atom. The van der Waals surface area contributed by atoms with Crippen LogP contribution in [0.25, 0.3) is 10.8 Å². The fourth-order valence-corrected chi connectivity index (χ4v) is 3.58. The Morgan fingerprint density at radius 3 is 2.58 bits per heavy atom. The van der Waals surface area contributed by atoms with Crippen molar-refractivity contribution in [3.05, 3.63) is 40.3 Å². The molecular weight excluding hydrogens is 338 g/mol. The summed E-state index contributed by atoms with van der Waals surface area (Å²) in [6.45, 7) is 5.81. The highest BCUT2D eigenvalue weighted by Crippen LogP contribution is 2.51. The number of aliphatic carboxylic acids is 1. The molecule has 1 aromatic heterocycles. The minimum Gasteiger partial charge on any atom is -0.479 e. The largest absolute Gasteiger partial charge is 0.479 e. The van der Waals surface area contributed by atoms with Crippen molar-refractivity contribution in [2.45, 2.75) is 38.8 Å². The molecule has 0 saturated heterocycles. The maximum absolute atomic E-state index is 12.8. The predicted molar refractivity (Wildman–Crippen MR) is 94.0 cm³/mol. The molecular formula is C18H21N3O5.